The molecule has 2 aromatic rings. The Kier molecular flexibility index (Phi) is 9.08. The smallest absolute Gasteiger partial charge is 0.244 e. The lowest BCUT2D eigenvalue weighted by molar-refractivity contribution is -0.139. The van der Waals surface area contributed by atoms with Gasteiger partial charge in [0, 0.05) is 17.1 Å². The van der Waals surface area contributed by atoms with Gasteiger partial charge in [0.2, 0.25) is 21.8 Å². The fraction of sp³-hybridized carbons (Fsp3) is 0.417. The highest BCUT2D eigenvalue weighted by atomic mass is 79.9. The lowest BCUT2D eigenvalue weighted by Gasteiger charge is -2.32. The van der Waals surface area contributed by atoms with Crippen LogP contribution in [0.5, 0.6) is 0 Å². The van der Waals surface area contributed by atoms with Crippen LogP contribution in [0, 0.1) is 13.8 Å². The fourth-order valence-electron chi connectivity index (χ4n) is 3.48. The minimum absolute atomic E-state index is 0.0904. The number of amides is 2. The molecule has 0 spiro atoms. The number of hydrogen-bond donors (Lipinski definition) is 1. The SMILES string of the molecule is Cc1cc(C)cc(N(CC(=O)N(Cc2ccc(Br)cc2)C(C)C(=O)NC(C)C)S(C)(=O)=O)c1. The molecular formula is C24H32BrN3O4S. The van der Waals surface area contributed by atoms with Crippen molar-refractivity contribution in [2.24, 2.45) is 0 Å². The van der Waals surface area contributed by atoms with Crippen molar-refractivity contribution in [2.75, 3.05) is 17.1 Å². The Morgan fingerprint density at radius 3 is 2.03 bits per heavy atom. The van der Waals surface area contributed by atoms with Gasteiger partial charge in [-0.15, -0.1) is 0 Å². The Hall–Kier alpha value is -2.39. The highest BCUT2D eigenvalue weighted by molar-refractivity contribution is 9.10. The highest BCUT2D eigenvalue weighted by Crippen LogP contribution is 2.22. The fourth-order valence-corrected chi connectivity index (χ4v) is 4.58. The predicted molar refractivity (Wildman–Crippen MR) is 136 cm³/mol. The molecule has 2 rings (SSSR count). The number of sulfonamides is 1. The summed E-state index contributed by atoms with van der Waals surface area (Å²) in [6.07, 6.45) is 1.08. The average Bonchev–Trinajstić information content (AvgIpc) is 2.68. The molecule has 0 saturated carbocycles. The van der Waals surface area contributed by atoms with Crippen LogP contribution in [0.3, 0.4) is 0 Å². The topological polar surface area (TPSA) is 86.8 Å². The summed E-state index contributed by atoms with van der Waals surface area (Å²) < 4.78 is 27.2. The van der Waals surface area contributed by atoms with E-state index in [0.29, 0.717) is 5.69 Å². The summed E-state index contributed by atoms with van der Waals surface area (Å²) in [6, 6.07) is 11.9. The molecule has 1 N–H and O–H groups in total. The van der Waals surface area contributed by atoms with Crippen LogP contribution in [0.15, 0.2) is 46.9 Å². The number of halogens is 1. The van der Waals surface area contributed by atoms with Crippen LogP contribution >= 0.6 is 15.9 Å². The van der Waals surface area contributed by atoms with Crippen molar-refractivity contribution in [3.63, 3.8) is 0 Å². The van der Waals surface area contributed by atoms with Crippen molar-refractivity contribution in [3.8, 4) is 0 Å². The van der Waals surface area contributed by atoms with E-state index >= 15 is 0 Å². The van der Waals surface area contributed by atoms with E-state index < -0.39 is 28.5 Å². The van der Waals surface area contributed by atoms with Crippen molar-refractivity contribution in [1.29, 1.82) is 0 Å². The van der Waals surface area contributed by atoms with Crippen LogP contribution in [-0.4, -0.2) is 50.0 Å². The molecule has 180 valence electrons. The van der Waals surface area contributed by atoms with E-state index in [0.717, 1.165) is 31.7 Å². The number of carbonyl (C=O) groups excluding carboxylic acids is 2. The molecule has 0 aromatic heterocycles. The Morgan fingerprint density at radius 2 is 1.55 bits per heavy atom. The first kappa shape index (κ1) is 26.9. The van der Waals surface area contributed by atoms with Gasteiger partial charge in [0.15, 0.2) is 0 Å². The number of rotatable bonds is 9. The normalized spacial score (nSPS) is 12.4. The molecule has 1 atom stereocenters. The zero-order valence-electron chi connectivity index (χ0n) is 19.9. The Balaban J connectivity index is 2.41. The molecule has 0 aliphatic heterocycles. The molecule has 33 heavy (non-hydrogen) atoms. The Morgan fingerprint density at radius 1 is 1.00 bits per heavy atom. The second kappa shape index (κ2) is 11.2. The largest absolute Gasteiger partial charge is 0.352 e. The maximum atomic E-state index is 13.5. The minimum atomic E-state index is -3.74. The standard InChI is InChI=1S/C24H32BrN3O4S/c1-16(2)26-24(30)19(5)27(14-20-7-9-21(25)10-8-20)23(29)15-28(33(6,31)32)22-12-17(3)11-18(4)13-22/h7-13,16,19H,14-15H2,1-6H3,(H,26,30). The summed E-state index contributed by atoms with van der Waals surface area (Å²) in [5.74, 6) is -0.762. The van der Waals surface area contributed by atoms with Gasteiger partial charge in [-0.1, -0.05) is 34.1 Å². The lowest BCUT2D eigenvalue weighted by atomic mass is 10.1. The molecular weight excluding hydrogens is 506 g/mol. The number of aryl methyl sites for hydroxylation is 2. The molecule has 0 fully saturated rings. The lowest BCUT2D eigenvalue weighted by Crippen LogP contribution is -2.52. The van der Waals surface area contributed by atoms with Crippen LogP contribution < -0.4 is 9.62 Å². The molecule has 0 heterocycles. The van der Waals surface area contributed by atoms with Gasteiger partial charge in [0.25, 0.3) is 0 Å². The third-order valence-corrected chi connectivity index (χ3v) is 6.71. The Bertz CT molecular complexity index is 1080. The summed E-state index contributed by atoms with van der Waals surface area (Å²) in [5, 5.41) is 2.83. The first-order chi connectivity index (χ1) is 15.3. The highest BCUT2D eigenvalue weighted by Gasteiger charge is 2.30. The molecule has 0 radical (unpaired) electrons. The van der Waals surface area contributed by atoms with Gasteiger partial charge in [-0.3, -0.25) is 13.9 Å². The first-order valence-electron chi connectivity index (χ1n) is 10.7. The molecule has 0 bridgehead atoms. The number of carbonyl (C=O) groups is 2. The van der Waals surface area contributed by atoms with Crippen LogP contribution in [0.2, 0.25) is 0 Å². The molecule has 0 aliphatic carbocycles. The van der Waals surface area contributed by atoms with Crippen molar-refractivity contribution in [2.45, 2.75) is 53.2 Å². The van der Waals surface area contributed by atoms with E-state index in [1.165, 1.54) is 4.90 Å². The van der Waals surface area contributed by atoms with E-state index in [4.69, 9.17) is 0 Å². The minimum Gasteiger partial charge on any atom is -0.352 e. The van der Waals surface area contributed by atoms with Crippen LogP contribution in [0.25, 0.3) is 0 Å². The number of benzene rings is 2. The van der Waals surface area contributed by atoms with E-state index in [-0.39, 0.29) is 18.5 Å². The van der Waals surface area contributed by atoms with E-state index in [2.05, 4.69) is 21.2 Å². The van der Waals surface area contributed by atoms with E-state index in [9.17, 15) is 18.0 Å². The van der Waals surface area contributed by atoms with Crippen molar-refractivity contribution in [1.82, 2.24) is 10.2 Å². The van der Waals surface area contributed by atoms with E-state index in [1.54, 1.807) is 19.1 Å². The van der Waals surface area contributed by atoms with Crippen LogP contribution in [0.1, 0.15) is 37.5 Å². The molecule has 1 unspecified atom stereocenters. The van der Waals surface area contributed by atoms with Gasteiger partial charge in [0.1, 0.15) is 12.6 Å². The zero-order chi connectivity index (χ0) is 24.9. The van der Waals surface area contributed by atoms with Crippen molar-refractivity contribution in [3.05, 3.63) is 63.6 Å². The number of anilines is 1. The number of nitrogens with zero attached hydrogens (tertiary/aromatic N) is 2. The molecule has 2 amide bonds. The molecule has 9 heteroatoms. The molecule has 7 nitrogen and oxygen atoms in total. The monoisotopic (exact) mass is 537 g/mol. The van der Waals surface area contributed by atoms with Gasteiger partial charge in [0.05, 0.1) is 11.9 Å². The molecule has 0 saturated heterocycles. The van der Waals surface area contributed by atoms with E-state index in [1.807, 2.05) is 58.0 Å². The summed E-state index contributed by atoms with van der Waals surface area (Å²) in [5.41, 5.74) is 3.03. The number of hydrogen-bond acceptors (Lipinski definition) is 4. The molecule has 0 aliphatic rings. The maximum Gasteiger partial charge on any atom is 0.244 e. The summed E-state index contributed by atoms with van der Waals surface area (Å²) in [6.45, 7) is 8.85. The average molecular weight is 539 g/mol. The summed E-state index contributed by atoms with van der Waals surface area (Å²) >= 11 is 3.39. The van der Waals surface area contributed by atoms with Crippen LogP contribution in [0.4, 0.5) is 5.69 Å². The first-order valence-corrected chi connectivity index (χ1v) is 13.3. The second-order valence-corrected chi connectivity index (χ2v) is 11.4. The summed E-state index contributed by atoms with van der Waals surface area (Å²) in [4.78, 5) is 27.6. The van der Waals surface area contributed by atoms with Gasteiger partial charge < -0.3 is 10.2 Å². The predicted octanol–water partition coefficient (Wildman–Crippen LogP) is 3.77. The third-order valence-electron chi connectivity index (χ3n) is 5.04. The third kappa shape index (κ3) is 7.85. The van der Waals surface area contributed by atoms with Crippen molar-refractivity contribution >= 4 is 43.5 Å². The van der Waals surface area contributed by atoms with Gasteiger partial charge >= 0.3 is 0 Å². The zero-order valence-corrected chi connectivity index (χ0v) is 22.3. The number of nitrogens with one attached hydrogen (secondary N) is 1. The van der Waals surface area contributed by atoms with Crippen LogP contribution in [-0.2, 0) is 26.2 Å². The van der Waals surface area contributed by atoms with Gasteiger partial charge in [-0.05, 0) is 75.6 Å². The van der Waals surface area contributed by atoms with Gasteiger partial charge in [-0.25, -0.2) is 8.42 Å². The quantitative estimate of drug-likeness (QED) is 0.527. The van der Waals surface area contributed by atoms with Gasteiger partial charge in [-0.2, -0.15) is 0 Å². The van der Waals surface area contributed by atoms with Crippen molar-refractivity contribution < 1.29 is 18.0 Å². The maximum absolute atomic E-state index is 13.5. The summed E-state index contributed by atoms with van der Waals surface area (Å²) in [7, 11) is -3.74. The molecule has 2 aromatic carbocycles. The second-order valence-electron chi connectivity index (χ2n) is 8.60. The Labute approximate surface area is 205 Å².